The van der Waals surface area contributed by atoms with Gasteiger partial charge < -0.3 is 14.9 Å². The van der Waals surface area contributed by atoms with E-state index >= 15 is 0 Å². The van der Waals surface area contributed by atoms with Crippen LogP contribution >= 0.6 is 11.3 Å². The van der Waals surface area contributed by atoms with Crippen molar-refractivity contribution in [3.05, 3.63) is 75.7 Å². The molecule has 2 saturated heterocycles. The van der Waals surface area contributed by atoms with Gasteiger partial charge in [0.15, 0.2) is 0 Å². The molecule has 0 aliphatic carbocycles. The zero-order valence-electron chi connectivity index (χ0n) is 21.6. The second kappa shape index (κ2) is 11.4. The number of carboxylic acid groups (broad SMARTS) is 1. The number of halogens is 3. The normalized spacial score (nSPS) is 17.2. The van der Waals surface area contributed by atoms with Gasteiger partial charge in [-0.2, -0.15) is 13.2 Å². The maximum atomic E-state index is 13.4. The van der Waals surface area contributed by atoms with E-state index in [0.717, 1.165) is 17.1 Å². The molecule has 0 spiro atoms. The second-order valence-corrected chi connectivity index (χ2v) is 11.1. The lowest BCUT2D eigenvalue weighted by molar-refractivity contribution is -0.143. The molecular formula is C29H28F3N3O4S. The zero-order chi connectivity index (χ0) is 28.4. The molecule has 2 aromatic carbocycles. The van der Waals surface area contributed by atoms with Gasteiger partial charge in [0.1, 0.15) is 5.69 Å². The highest BCUT2D eigenvalue weighted by atomic mass is 32.1. The smallest absolute Gasteiger partial charge is 0.416 e. The fraction of sp³-hybridized carbons (Fsp3) is 0.379. The zero-order valence-corrected chi connectivity index (χ0v) is 22.4. The van der Waals surface area contributed by atoms with Crippen molar-refractivity contribution in [1.29, 1.82) is 0 Å². The van der Waals surface area contributed by atoms with Gasteiger partial charge in [-0.05, 0) is 55.0 Å². The van der Waals surface area contributed by atoms with Crippen LogP contribution in [0.1, 0.15) is 63.0 Å². The van der Waals surface area contributed by atoms with Gasteiger partial charge in [0.2, 0.25) is 0 Å². The van der Waals surface area contributed by atoms with Crippen LogP contribution in [0.5, 0.6) is 0 Å². The number of amides is 2. The molecule has 7 nitrogen and oxygen atoms in total. The number of nitrogens with zero attached hydrogens (tertiary/aromatic N) is 3. The van der Waals surface area contributed by atoms with Crippen molar-refractivity contribution in [2.75, 3.05) is 26.2 Å². The molecule has 40 heavy (non-hydrogen) atoms. The summed E-state index contributed by atoms with van der Waals surface area (Å²) in [6.45, 7) is 1.79. The first kappa shape index (κ1) is 27.8. The number of benzene rings is 2. The fourth-order valence-electron chi connectivity index (χ4n) is 5.32. The Hall–Kier alpha value is -3.73. The van der Waals surface area contributed by atoms with Crippen LogP contribution in [0.4, 0.5) is 13.2 Å². The van der Waals surface area contributed by atoms with Gasteiger partial charge in [-0.3, -0.25) is 14.4 Å². The van der Waals surface area contributed by atoms with E-state index in [9.17, 15) is 32.7 Å². The van der Waals surface area contributed by atoms with Gasteiger partial charge in [0.05, 0.1) is 16.5 Å². The first-order chi connectivity index (χ1) is 19.1. The topological polar surface area (TPSA) is 90.8 Å². The Balaban J connectivity index is 1.21. The fourth-order valence-corrected chi connectivity index (χ4v) is 6.29. The Labute approximate surface area is 233 Å². The predicted octanol–water partition coefficient (Wildman–Crippen LogP) is 5.79. The van der Waals surface area contributed by atoms with Crippen LogP contribution in [0.2, 0.25) is 0 Å². The van der Waals surface area contributed by atoms with Crippen LogP contribution < -0.4 is 0 Å². The molecule has 5 rings (SSSR count). The standard InChI is InChI=1S/C29H28F3N3O4S/c30-29(31,32)21-7-5-18(6-8-21)22-3-1-2-4-23(22)26(36)34-13-9-19(10-14-34)25-33-24(17-40-25)27(37)35-15-11-20(12-16-35)28(38)39/h1-8,17,19-20H,9-16H2,(H,38,39). The molecule has 0 bridgehead atoms. The summed E-state index contributed by atoms with van der Waals surface area (Å²) in [6.07, 6.45) is -2.19. The average molecular weight is 572 g/mol. The van der Waals surface area contributed by atoms with Crippen LogP contribution in [-0.2, 0) is 11.0 Å². The molecule has 3 heterocycles. The highest BCUT2D eigenvalue weighted by Gasteiger charge is 2.32. The van der Waals surface area contributed by atoms with Crippen LogP contribution in [-0.4, -0.2) is 63.9 Å². The van der Waals surface area contributed by atoms with Crippen LogP contribution in [0.3, 0.4) is 0 Å². The van der Waals surface area contributed by atoms with Gasteiger partial charge in [-0.25, -0.2) is 4.98 Å². The lowest BCUT2D eigenvalue weighted by Crippen LogP contribution is -2.40. The van der Waals surface area contributed by atoms with Crippen molar-refractivity contribution >= 4 is 29.1 Å². The van der Waals surface area contributed by atoms with Crippen molar-refractivity contribution in [2.45, 2.75) is 37.8 Å². The number of alkyl halides is 3. The highest BCUT2D eigenvalue weighted by molar-refractivity contribution is 7.09. The number of carbonyl (C=O) groups excluding carboxylic acids is 2. The number of likely N-dealkylation sites (tertiary alicyclic amines) is 2. The number of thiazole rings is 1. The molecule has 0 radical (unpaired) electrons. The number of carboxylic acids is 1. The van der Waals surface area contributed by atoms with E-state index in [0.29, 0.717) is 74.2 Å². The maximum Gasteiger partial charge on any atom is 0.416 e. The Kier molecular flexibility index (Phi) is 7.93. The second-order valence-electron chi connectivity index (χ2n) is 10.2. The minimum Gasteiger partial charge on any atom is -0.481 e. The summed E-state index contributed by atoms with van der Waals surface area (Å²) in [5.41, 5.74) is 1.20. The van der Waals surface area contributed by atoms with E-state index in [1.54, 1.807) is 39.4 Å². The molecular weight excluding hydrogens is 543 g/mol. The molecule has 210 valence electrons. The summed E-state index contributed by atoms with van der Waals surface area (Å²) in [4.78, 5) is 45.5. The van der Waals surface area contributed by atoms with E-state index < -0.39 is 23.6 Å². The molecule has 3 aromatic rings. The van der Waals surface area contributed by atoms with Crippen molar-refractivity contribution < 1.29 is 32.7 Å². The Morgan fingerprint density at radius 3 is 2.08 bits per heavy atom. The Morgan fingerprint density at radius 1 is 0.850 bits per heavy atom. The van der Waals surface area contributed by atoms with Crippen LogP contribution in [0.25, 0.3) is 11.1 Å². The number of rotatable bonds is 5. The van der Waals surface area contributed by atoms with Crippen LogP contribution in [0.15, 0.2) is 53.9 Å². The van der Waals surface area contributed by atoms with Gasteiger partial charge >= 0.3 is 12.1 Å². The lowest BCUT2D eigenvalue weighted by atomic mass is 9.94. The SMILES string of the molecule is O=C(O)C1CCN(C(=O)c2csc(C3CCN(C(=O)c4ccccc4-c4ccc(C(F)(F)F)cc4)CC3)n2)CC1. The monoisotopic (exact) mass is 571 g/mol. The van der Waals surface area contributed by atoms with E-state index in [-0.39, 0.29) is 17.7 Å². The number of aliphatic carboxylic acids is 1. The molecule has 1 aromatic heterocycles. The average Bonchev–Trinajstić information content (AvgIpc) is 3.47. The van der Waals surface area contributed by atoms with Crippen molar-refractivity contribution in [2.24, 2.45) is 5.92 Å². The lowest BCUT2D eigenvalue weighted by Gasteiger charge is -2.31. The van der Waals surface area contributed by atoms with Gasteiger partial charge in [0, 0.05) is 43.0 Å². The summed E-state index contributed by atoms with van der Waals surface area (Å²) in [7, 11) is 0. The molecule has 0 unspecified atom stereocenters. The summed E-state index contributed by atoms with van der Waals surface area (Å²) in [6, 6.07) is 11.7. The van der Waals surface area contributed by atoms with Crippen molar-refractivity contribution in [3.63, 3.8) is 0 Å². The highest BCUT2D eigenvalue weighted by Crippen LogP contribution is 2.34. The van der Waals surface area contributed by atoms with Crippen molar-refractivity contribution in [3.8, 4) is 11.1 Å². The number of piperidine rings is 2. The quantitative estimate of drug-likeness (QED) is 0.419. The number of hydrogen-bond acceptors (Lipinski definition) is 5. The molecule has 0 atom stereocenters. The van der Waals surface area contributed by atoms with E-state index in [1.807, 2.05) is 0 Å². The predicted molar refractivity (Wildman–Crippen MR) is 143 cm³/mol. The molecule has 1 N–H and O–H groups in total. The number of hydrogen-bond donors (Lipinski definition) is 1. The van der Waals surface area contributed by atoms with Gasteiger partial charge in [0.25, 0.3) is 11.8 Å². The van der Waals surface area contributed by atoms with E-state index in [2.05, 4.69) is 4.98 Å². The van der Waals surface area contributed by atoms with Crippen molar-refractivity contribution in [1.82, 2.24) is 14.8 Å². The summed E-state index contributed by atoms with van der Waals surface area (Å²) < 4.78 is 39.0. The summed E-state index contributed by atoms with van der Waals surface area (Å²) in [5, 5.41) is 11.8. The minimum atomic E-state index is -4.43. The van der Waals surface area contributed by atoms with Gasteiger partial charge in [-0.1, -0.05) is 30.3 Å². The third kappa shape index (κ3) is 5.89. The molecule has 0 saturated carbocycles. The number of carbonyl (C=O) groups is 3. The van der Waals surface area contributed by atoms with Gasteiger partial charge in [-0.15, -0.1) is 11.3 Å². The molecule has 2 amide bonds. The molecule has 2 fully saturated rings. The molecule has 11 heteroatoms. The minimum absolute atomic E-state index is 0.110. The molecule has 2 aliphatic heterocycles. The molecule has 2 aliphatic rings. The van der Waals surface area contributed by atoms with E-state index in [4.69, 9.17) is 0 Å². The Morgan fingerprint density at radius 2 is 1.45 bits per heavy atom. The summed E-state index contributed by atoms with van der Waals surface area (Å²) >= 11 is 1.43. The number of aromatic nitrogens is 1. The third-order valence-electron chi connectivity index (χ3n) is 7.68. The largest absolute Gasteiger partial charge is 0.481 e. The first-order valence-corrected chi connectivity index (χ1v) is 14.0. The van der Waals surface area contributed by atoms with E-state index in [1.165, 1.54) is 23.5 Å². The summed E-state index contributed by atoms with van der Waals surface area (Å²) in [5.74, 6) is -1.48. The third-order valence-corrected chi connectivity index (χ3v) is 8.69. The van der Waals surface area contributed by atoms with Crippen LogP contribution in [0, 0.1) is 5.92 Å². The maximum absolute atomic E-state index is 13.4. The Bertz CT molecular complexity index is 1390. The first-order valence-electron chi connectivity index (χ1n) is 13.1.